The van der Waals surface area contributed by atoms with Crippen molar-refractivity contribution in [3.63, 3.8) is 0 Å². The normalized spacial score (nSPS) is 13.3. The number of hydrogen-bond acceptors (Lipinski definition) is 1. The van der Waals surface area contributed by atoms with Crippen LogP contribution in [0, 0.1) is 0 Å². The first-order valence-electron chi connectivity index (χ1n) is 5.24. The highest BCUT2D eigenvalue weighted by atomic mass is 16.3. The average molecular weight is 190 g/mol. The molecule has 14 heavy (non-hydrogen) atoms. The maximum Gasteiger partial charge on any atom is 0.0724 e. The minimum absolute atomic E-state index is 0.296. The lowest BCUT2D eigenvalue weighted by Gasteiger charge is -2.02. The van der Waals surface area contributed by atoms with Crippen LogP contribution in [0.3, 0.4) is 0 Å². The molecule has 0 spiro atoms. The first kappa shape index (κ1) is 11.0. The predicted molar refractivity (Wildman–Crippen MR) is 61.0 cm³/mol. The average Bonchev–Trinajstić information content (AvgIpc) is 2.25. The van der Waals surface area contributed by atoms with Crippen molar-refractivity contribution in [1.29, 1.82) is 0 Å². The first-order chi connectivity index (χ1) is 6.83. The molecule has 1 aromatic rings. The monoisotopic (exact) mass is 190 g/mol. The van der Waals surface area contributed by atoms with E-state index in [9.17, 15) is 5.11 Å². The molecule has 0 bridgehead atoms. The Bertz CT molecular complexity index is 264. The molecule has 0 aliphatic heterocycles. The van der Waals surface area contributed by atoms with Crippen molar-refractivity contribution in [3.05, 3.63) is 42.0 Å². The highest BCUT2D eigenvalue weighted by Crippen LogP contribution is 2.06. The van der Waals surface area contributed by atoms with Crippen molar-refractivity contribution in [3.8, 4) is 0 Å². The second-order valence-electron chi connectivity index (χ2n) is 3.48. The fraction of sp³-hybridized carbons (Fsp3) is 0.385. The third kappa shape index (κ3) is 4.24. The quantitative estimate of drug-likeness (QED) is 0.755. The predicted octanol–water partition coefficient (Wildman–Crippen LogP) is 3.25. The SMILES string of the molecule is CCCC[C@H](O)/C=C/c1ccccc1. The molecule has 0 heterocycles. The molecular weight excluding hydrogens is 172 g/mol. The van der Waals surface area contributed by atoms with E-state index >= 15 is 0 Å². The van der Waals surface area contributed by atoms with Crippen molar-refractivity contribution in [1.82, 2.24) is 0 Å². The van der Waals surface area contributed by atoms with Crippen LogP contribution < -0.4 is 0 Å². The number of aliphatic hydroxyl groups excluding tert-OH is 1. The summed E-state index contributed by atoms with van der Waals surface area (Å²) in [6.07, 6.45) is 6.62. The van der Waals surface area contributed by atoms with Crippen molar-refractivity contribution < 1.29 is 5.11 Å². The largest absolute Gasteiger partial charge is 0.389 e. The van der Waals surface area contributed by atoms with Gasteiger partial charge in [-0.1, -0.05) is 62.2 Å². The third-order valence-electron chi connectivity index (χ3n) is 2.16. The molecule has 1 aromatic carbocycles. The molecule has 0 saturated carbocycles. The lowest BCUT2D eigenvalue weighted by molar-refractivity contribution is 0.210. The van der Waals surface area contributed by atoms with Gasteiger partial charge in [-0.2, -0.15) is 0 Å². The van der Waals surface area contributed by atoms with Gasteiger partial charge in [0.1, 0.15) is 0 Å². The highest BCUT2D eigenvalue weighted by Gasteiger charge is 1.96. The first-order valence-corrected chi connectivity index (χ1v) is 5.24. The number of benzene rings is 1. The van der Waals surface area contributed by atoms with E-state index in [-0.39, 0.29) is 6.10 Å². The van der Waals surface area contributed by atoms with Crippen LogP contribution in [0.4, 0.5) is 0 Å². The van der Waals surface area contributed by atoms with E-state index in [1.54, 1.807) is 0 Å². The number of unbranched alkanes of at least 4 members (excludes halogenated alkanes) is 1. The van der Waals surface area contributed by atoms with Gasteiger partial charge in [-0.3, -0.25) is 0 Å². The van der Waals surface area contributed by atoms with Gasteiger partial charge in [-0.25, -0.2) is 0 Å². The maximum absolute atomic E-state index is 9.55. The molecule has 1 rings (SSSR count). The standard InChI is InChI=1S/C13H18O/c1-2-3-9-13(14)11-10-12-7-5-4-6-8-12/h4-8,10-11,13-14H,2-3,9H2,1H3/b11-10+/t13-/m0/s1. The van der Waals surface area contributed by atoms with Crippen molar-refractivity contribution in [2.75, 3.05) is 0 Å². The van der Waals surface area contributed by atoms with Crippen LogP contribution in [0.25, 0.3) is 6.08 Å². The van der Waals surface area contributed by atoms with Crippen LogP contribution in [0.1, 0.15) is 31.7 Å². The maximum atomic E-state index is 9.55. The Morgan fingerprint density at radius 2 is 2.00 bits per heavy atom. The summed E-state index contributed by atoms with van der Waals surface area (Å²) >= 11 is 0. The summed E-state index contributed by atoms with van der Waals surface area (Å²) in [6.45, 7) is 2.13. The van der Waals surface area contributed by atoms with Crippen molar-refractivity contribution >= 4 is 6.08 Å². The fourth-order valence-corrected chi connectivity index (χ4v) is 1.30. The Hall–Kier alpha value is -1.08. The van der Waals surface area contributed by atoms with Crippen LogP contribution >= 0.6 is 0 Å². The second kappa shape index (κ2) is 6.39. The second-order valence-corrected chi connectivity index (χ2v) is 3.48. The number of rotatable bonds is 5. The lowest BCUT2D eigenvalue weighted by Crippen LogP contribution is -2.00. The molecule has 1 nitrogen and oxygen atoms in total. The van der Waals surface area contributed by atoms with Gasteiger partial charge < -0.3 is 5.11 Å². The third-order valence-corrected chi connectivity index (χ3v) is 2.16. The topological polar surface area (TPSA) is 20.2 Å². The van der Waals surface area contributed by atoms with Gasteiger partial charge in [-0.05, 0) is 12.0 Å². The van der Waals surface area contributed by atoms with E-state index in [4.69, 9.17) is 0 Å². The molecule has 0 fully saturated rings. The van der Waals surface area contributed by atoms with Gasteiger partial charge in [-0.15, -0.1) is 0 Å². The van der Waals surface area contributed by atoms with E-state index in [1.165, 1.54) is 0 Å². The molecule has 1 heteroatoms. The van der Waals surface area contributed by atoms with E-state index in [0.29, 0.717) is 0 Å². The molecule has 0 amide bonds. The zero-order chi connectivity index (χ0) is 10.2. The van der Waals surface area contributed by atoms with Gasteiger partial charge in [0, 0.05) is 0 Å². The fourth-order valence-electron chi connectivity index (χ4n) is 1.30. The molecule has 0 aliphatic rings. The van der Waals surface area contributed by atoms with Crippen LogP contribution in [0.15, 0.2) is 36.4 Å². The van der Waals surface area contributed by atoms with Gasteiger partial charge in [0.2, 0.25) is 0 Å². The van der Waals surface area contributed by atoms with E-state index in [2.05, 4.69) is 6.92 Å². The minimum Gasteiger partial charge on any atom is -0.389 e. The smallest absolute Gasteiger partial charge is 0.0724 e. The molecule has 1 N–H and O–H groups in total. The van der Waals surface area contributed by atoms with E-state index < -0.39 is 0 Å². The van der Waals surface area contributed by atoms with Crippen LogP contribution in [0.2, 0.25) is 0 Å². The number of aliphatic hydroxyl groups is 1. The Labute approximate surface area is 86.1 Å². The Morgan fingerprint density at radius 3 is 2.64 bits per heavy atom. The molecule has 0 aromatic heterocycles. The molecule has 1 atom stereocenters. The Morgan fingerprint density at radius 1 is 1.29 bits per heavy atom. The van der Waals surface area contributed by atoms with Gasteiger partial charge in [0.25, 0.3) is 0 Å². The molecule has 0 unspecified atom stereocenters. The summed E-state index contributed by atoms with van der Waals surface area (Å²) in [6, 6.07) is 10.0. The Kier molecular flexibility index (Phi) is 5.02. The van der Waals surface area contributed by atoms with Crippen LogP contribution in [0.5, 0.6) is 0 Å². The van der Waals surface area contributed by atoms with Crippen LogP contribution in [-0.2, 0) is 0 Å². The summed E-state index contributed by atoms with van der Waals surface area (Å²) < 4.78 is 0. The minimum atomic E-state index is -0.296. The Balaban J connectivity index is 2.39. The van der Waals surface area contributed by atoms with Gasteiger partial charge in [0.15, 0.2) is 0 Å². The number of hydrogen-bond donors (Lipinski definition) is 1. The molecule has 0 saturated heterocycles. The molecular formula is C13H18O. The summed E-state index contributed by atoms with van der Waals surface area (Å²) in [5, 5.41) is 9.55. The zero-order valence-electron chi connectivity index (χ0n) is 8.69. The van der Waals surface area contributed by atoms with Gasteiger partial charge >= 0.3 is 0 Å². The summed E-state index contributed by atoms with van der Waals surface area (Å²) in [7, 11) is 0. The zero-order valence-corrected chi connectivity index (χ0v) is 8.69. The van der Waals surface area contributed by atoms with E-state index in [1.807, 2.05) is 42.5 Å². The van der Waals surface area contributed by atoms with E-state index in [0.717, 1.165) is 24.8 Å². The van der Waals surface area contributed by atoms with Crippen LogP contribution in [-0.4, -0.2) is 11.2 Å². The van der Waals surface area contributed by atoms with Gasteiger partial charge in [0.05, 0.1) is 6.10 Å². The highest BCUT2D eigenvalue weighted by molar-refractivity contribution is 5.49. The molecule has 0 radical (unpaired) electrons. The summed E-state index contributed by atoms with van der Waals surface area (Å²) in [5.74, 6) is 0. The molecule has 0 aliphatic carbocycles. The molecule has 76 valence electrons. The van der Waals surface area contributed by atoms with Crippen molar-refractivity contribution in [2.45, 2.75) is 32.3 Å². The summed E-state index contributed by atoms with van der Waals surface area (Å²) in [5.41, 5.74) is 1.14. The van der Waals surface area contributed by atoms with Crippen molar-refractivity contribution in [2.24, 2.45) is 0 Å². The summed E-state index contributed by atoms with van der Waals surface area (Å²) in [4.78, 5) is 0. The lowest BCUT2D eigenvalue weighted by atomic mass is 10.1.